The number of hydrogen-bond acceptors (Lipinski definition) is 2. The summed E-state index contributed by atoms with van der Waals surface area (Å²) in [5, 5.41) is 0. The van der Waals surface area contributed by atoms with Gasteiger partial charge >= 0.3 is 6.18 Å². The van der Waals surface area contributed by atoms with Crippen molar-refractivity contribution in [2.24, 2.45) is 0 Å². The lowest BCUT2D eigenvalue weighted by Crippen LogP contribution is -2.37. The maximum absolute atomic E-state index is 12.7. The summed E-state index contributed by atoms with van der Waals surface area (Å²) in [4.78, 5) is 2.35. The first-order valence-electron chi connectivity index (χ1n) is 8.11. The molecule has 1 saturated heterocycles. The van der Waals surface area contributed by atoms with Crippen molar-refractivity contribution in [3.05, 3.63) is 65.7 Å². The number of likely N-dealkylation sites (tertiary alicyclic amines) is 1. The van der Waals surface area contributed by atoms with E-state index in [0.29, 0.717) is 5.75 Å². The summed E-state index contributed by atoms with van der Waals surface area (Å²) in [7, 11) is 0. The fraction of sp³-hybridized carbons (Fsp3) is 0.368. The normalized spacial score (nSPS) is 17.0. The summed E-state index contributed by atoms with van der Waals surface area (Å²) in [6, 6.07) is 15.4. The van der Waals surface area contributed by atoms with Gasteiger partial charge in [0.25, 0.3) is 0 Å². The standard InChI is InChI=1S/C19H20F3NO/c20-19(21,22)16-7-4-8-18(13-16)24-17-9-11-23(12-10-17)14-15-5-2-1-3-6-15/h1-8,13,17H,9-12,14H2. The molecule has 1 aliphatic rings. The lowest BCUT2D eigenvalue weighted by molar-refractivity contribution is -0.137. The summed E-state index contributed by atoms with van der Waals surface area (Å²) < 4.78 is 44.0. The summed E-state index contributed by atoms with van der Waals surface area (Å²) in [6.07, 6.45) is -2.72. The molecular weight excluding hydrogens is 315 g/mol. The van der Waals surface area contributed by atoms with Gasteiger partial charge in [0.15, 0.2) is 0 Å². The molecule has 0 radical (unpaired) electrons. The lowest BCUT2D eigenvalue weighted by Gasteiger charge is -2.32. The van der Waals surface area contributed by atoms with Gasteiger partial charge in [-0.25, -0.2) is 0 Å². The quantitative estimate of drug-likeness (QED) is 0.799. The van der Waals surface area contributed by atoms with Crippen LogP contribution in [0.2, 0.25) is 0 Å². The fourth-order valence-electron chi connectivity index (χ4n) is 2.97. The van der Waals surface area contributed by atoms with Gasteiger partial charge in [-0.05, 0) is 36.6 Å². The highest BCUT2D eigenvalue weighted by molar-refractivity contribution is 5.30. The zero-order valence-corrected chi connectivity index (χ0v) is 13.3. The number of piperidine rings is 1. The first-order chi connectivity index (χ1) is 11.5. The molecular formula is C19H20F3NO. The largest absolute Gasteiger partial charge is 0.490 e. The van der Waals surface area contributed by atoms with Gasteiger partial charge in [-0.3, -0.25) is 4.90 Å². The predicted octanol–water partition coefficient (Wildman–Crippen LogP) is 4.75. The molecule has 0 aliphatic carbocycles. The number of halogens is 3. The fourth-order valence-corrected chi connectivity index (χ4v) is 2.97. The Kier molecular flexibility index (Phi) is 5.09. The van der Waals surface area contributed by atoms with Crippen LogP contribution in [0, 0.1) is 0 Å². The van der Waals surface area contributed by atoms with Crippen LogP contribution >= 0.6 is 0 Å². The third-order valence-corrected chi connectivity index (χ3v) is 4.25. The number of rotatable bonds is 4. The first-order valence-corrected chi connectivity index (χ1v) is 8.11. The van der Waals surface area contributed by atoms with Crippen molar-refractivity contribution in [2.45, 2.75) is 31.7 Å². The zero-order chi connectivity index (χ0) is 17.0. The molecule has 1 fully saturated rings. The Balaban J connectivity index is 1.52. The molecule has 1 heterocycles. The van der Waals surface area contributed by atoms with E-state index in [1.54, 1.807) is 6.07 Å². The first kappa shape index (κ1) is 16.8. The summed E-state index contributed by atoms with van der Waals surface area (Å²) in [5.74, 6) is 0.298. The maximum atomic E-state index is 12.7. The molecule has 0 atom stereocenters. The van der Waals surface area contributed by atoms with E-state index in [1.165, 1.54) is 11.6 Å². The van der Waals surface area contributed by atoms with Crippen LogP contribution in [0.3, 0.4) is 0 Å². The van der Waals surface area contributed by atoms with Crippen LogP contribution in [-0.4, -0.2) is 24.1 Å². The van der Waals surface area contributed by atoms with E-state index in [-0.39, 0.29) is 6.10 Å². The average molecular weight is 335 g/mol. The van der Waals surface area contributed by atoms with Gasteiger partial charge in [0.1, 0.15) is 11.9 Å². The molecule has 2 aromatic rings. The number of benzene rings is 2. The second-order valence-corrected chi connectivity index (χ2v) is 6.10. The van der Waals surface area contributed by atoms with Gasteiger partial charge in [0, 0.05) is 19.6 Å². The minimum atomic E-state index is -4.33. The summed E-state index contributed by atoms with van der Waals surface area (Å²) in [5.41, 5.74) is 0.608. The highest BCUT2D eigenvalue weighted by Crippen LogP contribution is 2.32. The van der Waals surface area contributed by atoms with E-state index >= 15 is 0 Å². The van der Waals surface area contributed by atoms with E-state index in [4.69, 9.17) is 4.74 Å². The zero-order valence-electron chi connectivity index (χ0n) is 13.3. The average Bonchev–Trinajstić information content (AvgIpc) is 2.57. The van der Waals surface area contributed by atoms with Crippen molar-refractivity contribution < 1.29 is 17.9 Å². The molecule has 0 unspecified atom stereocenters. The topological polar surface area (TPSA) is 12.5 Å². The number of nitrogens with zero attached hydrogens (tertiary/aromatic N) is 1. The van der Waals surface area contributed by atoms with E-state index < -0.39 is 11.7 Å². The third-order valence-electron chi connectivity index (χ3n) is 4.25. The predicted molar refractivity (Wildman–Crippen MR) is 86.8 cm³/mol. The Morgan fingerprint density at radius 3 is 2.33 bits per heavy atom. The molecule has 0 bridgehead atoms. The highest BCUT2D eigenvalue weighted by Gasteiger charge is 2.31. The molecule has 0 amide bonds. The maximum Gasteiger partial charge on any atom is 0.416 e. The Labute approximate surface area is 139 Å². The van der Waals surface area contributed by atoms with Gasteiger partial charge in [0.05, 0.1) is 5.56 Å². The Bertz CT molecular complexity index is 649. The molecule has 3 rings (SSSR count). The minimum absolute atomic E-state index is 0.0273. The van der Waals surface area contributed by atoms with Crippen LogP contribution < -0.4 is 4.74 Å². The number of alkyl halides is 3. The molecule has 0 N–H and O–H groups in total. The van der Waals surface area contributed by atoms with Gasteiger partial charge in [-0.2, -0.15) is 13.2 Å². The van der Waals surface area contributed by atoms with Gasteiger partial charge in [0.2, 0.25) is 0 Å². The third kappa shape index (κ3) is 4.51. The van der Waals surface area contributed by atoms with Crippen LogP contribution in [0.5, 0.6) is 5.75 Å². The Morgan fingerprint density at radius 1 is 0.958 bits per heavy atom. The molecule has 128 valence electrons. The molecule has 5 heteroatoms. The van der Waals surface area contributed by atoms with E-state index in [1.807, 2.05) is 18.2 Å². The summed E-state index contributed by atoms with van der Waals surface area (Å²) in [6.45, 7) is 2.67. The lowest BCUT2D eigenvalue weighted by atomic mass is 10.1. The molecule has 24 heavy (non-hydrogen) atoms. The van der Waals surface area contributed by atoms with Crippen LogP contribution in [0.15, 0.2) is 54.6 Å². The van der Waals surface area contributed by atoms with Gasteiger partial charge in [-0.1, -0.05) is 36.4 Å². The van der Waals surface area contributed by atoms with Crippen molar-refractivity contribution >= 4 is 0 Å². The van der Waals surface area contributed by atoms with Crippen molar-refractivity contribution in [2.75, 3.05) is 13.1 Å². The molecule has 0 saturated carbocycles. The molecule has 1 aliphatic heterocycles. The molecule has 0 spiro atoms. The number of hydrogen-bond donors (Lipinski definition) is 0. The van der Waals surface area contributed by atoms with Crippen molar-refractivity contribution in [3.63, 3.8) is 0 Å². The van der Waals surface area contributed by atoms with Crippen LogP contribution in [0.1, 0.15) is 24.0 Å². The Hall–Kier alpha value is -2.01. The van der Waals surface area contributed by atoms with Gasteiger partial charge < -0.3 is 4.74 Å². The monoisotopic (exact) mass is 335 g/mol. The smallest absolute Gasteiger partial charge is 0.416 e. The molecule has 2 nitrogen and oxygen atoms in total. The number of ether oxygens (including phenoxy) is 1. The Morgan fingerprint density at radius 2 is 1.67 bits per heavy atom. The second-order valence-electron chi connectivity index (χ2n) is 6.10. The molecule has 0 aromatic heterocycles. The summed E-state index contributed by atoms with van der Waals surface area (Å²) >= 11 is 0. The van der Waals surface area contributed by atoms with Crippen molar-refractivity contribution in [3.8, 4) is 5.75 Å². The second kappa shape index (κ2) is 7.26. The SMILES string of the molecule is FC(F)(F)c1cccc(OC2CCN(Cc3ccccc3)CC2)c1. The van der Waals surface area contributed by atoms with E-state index in [2.05, 4.69) is 17.0 Å². The highest BCUT2D eigenvalue weighted by atomic mass is 19.4. The van der Waals surface area contributed by atoms with Crippen molar-refractivity contribution in [1.29, 1.82) is 0 Å². The van der Waals surface area contributed by atoms with E-state index in [9.17, 15) is 13.2 Å². The van der Waals surface area contributed by atoms with Crippen molar-refractivity contribution in [1.82, 2.24) is 4.90 Å². The van der Waals surface area contributed by atoms with E-state index in [0.717, 1.165) is 44.6 Å². The minimum Gasteiger partial charge on any atom is -0.490 e. The van der Waals surface area contributed by atoms with Crippen LogP contribution in [-0.2, 0) is 12.7 Å². The van der Waals surface area contributed by atoms with Crippen LogP contribution in [0.4, 0.5) is 13.2 Å². The molecule has 2 aromatic carbocycles. The van der Waals surface area contributed by atoms with Crippen LogP contribution in [0.25, 0.3) is 0 Å². The van der Waals surface area contributed by atoms with Gasteiger partial charge in [-0.15, -0.1) is 0 Å².